The van der Waals surface area contributed by atoms with Crippen LogP contribution in [0.5, 0.6) is 0 Å². The van der Waals surface area contributed by atoms with Crippen molar-refractivity contribution in [2.24, 2.45) is 0 Å². The van der Waals surface area contributed by atoms with Crippen LogP contribution in [0.25, 0.3) is 0 Å². The second-order valence-corrected chi connectivity index (χ2v) is 7.07. The van der Waals surface area contributed by atoms with Gasteiger partial charge in [0, 0.05) is 16.6 Å². The highest BCUT2D eigenvalue weighted by atomic mass is 32.2. The molecule has 0 radical (unpaired) electrons. The van der Waals surface area contributed by atoms with Gasteiger partial charge >= 0.3 is 0 Å². The van der Waals surface area contributed by atoms with Gasteiger partial charge in [-0.1, -0.05) is 17.8 Å². The molecule has 0 aliphatic carbocycles. The summed E-state index contributed by atoms with van der Waals surface area (Å²) >= 11 is 3.03. The van der Waals surface area contributed by atoms with E-state index in [1.807, 2.05) is 24.4 Å². The lowest BCUT2D eigenvalue weighted by atomic mass is 10.3. The van der Waals surface area contributed by atoms with Gasteiger partial charge in [-0.15, -0.1) is 21.5 Å². The van der Waals surface area contributed by atoms with Crippen LogP contribution in [-0.2, 0) is 6.42 Å². The molecule has 0 saturated carbocycles. The minimum absolute atomic E-state index is 0.0809. The van der Waals surface area contributed by atoms with Crippen LogP contribution in [0.1, 0.15) is 34.5 Å². The number of thiophene rings is 1. The highest BCUT2D eigenvalue weighted by molar-refractivity contribution is 7.99. The molecule has 22 heavy (non-hydrogen) atoms. The molecule has 0 saturated heterocycles. The van der Waals surface area contributed by atoms with Gasteiger partial charge in [0.15, 0.2) is 0 Å². The fourth-order valence-electron chi connectivity index (χ4n) is 1.92. The molecule has 1 atom stereocenters. The number of aryl methyl sites for hydroxylation is 1. The first-order valence-corrected chi connectivity index (χ1v) is 8.45. The second kappa shape index (κ2) is 6.45. The van der Waals surface area contributed by atoms with E-state index >= 15 is 0 Å². The van der Waals surface area contributed by atoms with Gasteiger partial charge in [0.05, 0.1) is 11.7 Å². The zero-order valence-electron chi connectivity index (χ0n) is 12.1. The summed E-state index contributed by atoms with van der Waals surface area (Å²) in [7, 11) is 0. The smallest absolute Gasteiger partial charge is 0.277 e. The Morgan fingerprint density at radius 3 is 3.05 bits per heavy atom. The van der Waals surface area contributed by atoms with E-state index in [0.717, 1.165) is 0 Å². The predicted molar refractivity (Wildman–Crippen MR) is 85.3 cm³/mol. The quantitative estimate of drug-likeness (QED) is 0.722. The summed E-state index contributed by atoms with van der Waals surface area (Å²) in [6.07, 6.45) is 0.638. The standard InChI is InChI=1S/C14H14N4O2S2/c1-8-6-11(19)16-13(15-8)9(2)22-14-18-17-12(20-14)7-10-4-3-5-21-10/h3-6,9H,7H2,1-2H3,(H,15,16,19)/t9-/m1/s1. The first kappa shape index (κ1) is 15.0. The highest BCUT2D eigenvalue weighted by Crippen LogP contribution is 2.32. The summed E-state index contributed by atoms with van der Waals surface area (Å²) in [6, 6.07) is 5.49. The number of hydrogen-bond acceptors (Lipinski definition) is 7. The minimum Gasteiger partial charge on any atom is -0.416 e. The molecule has 0 fully saturated rings. The van der Waals surface area contributed by atoms with E-state index < -0.39 is 0 Å². The molecule has 0 amide bonds. The lowest BCUT2D eigenvalue weighted by Gasteiger charge is -2.07. The van der Waals surface area contributed by atoms with E-state index in [4.69, 9.17) is 4.42 Å². The van der Waals surface area contributed by atoms with Crippen molar-refractivity contribution >= 4 is 23.1 Å². The molecule has 8 heteroatoms. The van der Waals surface area contributed by atoms with Crippen molar-refractivity contribution in [2.75, 3.05) is 0 Å². The van der Waals surface area contributed by atoms with E-state index in [-0.39, 0.29) is 10.8 Å². The van der Waals surface area contributed by atoms with Crippen molar-refractivity contribution in [3.63, 3.8) is 0 Å². The van der Waals surface area contributed by atoms with E-state index in [0.29, 0.717) is 29.1 Å². The largest absolute Gasteiger partial charge is 0.416 e. The molecular weight excluding hydrogens is 320 g/mol. The van der Waals surface area contributed by atoms with Gasteiger partial charge in [0.25, 0.3) is 10.8 Å². The number of aromatic amines is 1. The summed E-state index contributed by atoms with van der Waals surface area (Å²) in [6.45, 7) is 3.73. The lowest BCUT2D eigenvalue weighted by Crippen LogP contribution is -2.12. The van der Waals surface area contributed by atoms with Crippen molar-refractivity contribution < 1.29 is 4.42 Å². The number of hydrogen-bond donors (Lipinski definition) is 1. The predicted octanol–water partition coefficient (Wildman–Crippen LogP) is 2.97. The van der Waals surface area contributed by atoms with E-state index in [9.17, 15) is 4.79 Å². The first-order valence-electron chi connectivity index (χ1n) is 6.69. The zero-order chi connectivity index (χ0) is 15.5. The Balaban J connectivity index is 1.70. The van der Waals surface area contributed by atoms with Crippen LogP contribution < -0.4 is 5.56 Å². The van der Waals surface area contributed by atoms with Crippen LogP contribution in [0.15, 0.2) is 38.0 Å². The Bertz CT molecular complexity index is 810. The Morgan fingerprint density at radius 1 is 1.45 bits per heavy atom. The number of nitrogens with one attached hydrogen (secondary N) is 1. The Morgan fingerprint density at radius 2 is 2.32 bits per heavy atom. The van der Waals surface area contributed by atoms with E-state index in [1.54, 1.807) is 18.3 Å². The number of rotatable bonds is 5. The summed E-state index contributed by atoms with van der Waals surface area (Å²) in [5, 5.41) is 10.5. The lowest BCUT2D eigenvalue weighted by molar-refractivity contribution is 0.420. The second-order valence-electron chi connectivity index (χ2n) is 4.75. The maximum absolute atomic E-state index is 11.5. The monoisotopic (exact) mass is 334 g/mol. The third-order valence-electron chi connectivity index (χ3n) is 2.90. The third kappa shape index (κ3) is 3.63. The SMILES string of the molecule is Cc1cc(=O)[nH]c([C@@H](C)Sc2nnc(Cc3cccs3)o2)n1. The fourth-order valence-corrected chi connectivity index (χ4v) is 3.38. The van der Waals surface area contributed by atoms with E-state index in [2.05, 4.69) is 20.2 Å². The van der Waals surface area contributed by atoms with Gasteiger partial charge in [0.1, 0.15) is 5.82 Å². The minimum atomic E-state index is -0.154. The molecule has 114 valence electrons. The van der Waals surface area contributed by atoms with Gasteiger partial charge in [-0.05, 0) is 25.3 Å². The van der Waals surface area contributed by atoms with E-state index in [1.165, 1.54) is 22.7 Å². The molecule has 3 aromatic rings. The molecule has 1 N–H and O–H groups in total. The Labute approximate surface area is 135 Å². The summed E-state index contributed by atoms with van der Waals surface area (Å²) < 4.78 is 5.64. The summed E-state index contributed by atoms with van der Waals surface area (Å²) in [5.74, 6) is 1.19. The van der Waals surface area contributed by atoms with Crippen molar-refractivity contribution in [3.05, 3.63) is 56.2 Å². The molecule has 0 aliphatic heterocycles. The molecule has 0 aliphatic rings. The fraction of sp³-hybridized carbons (Fsp3) is 0.286. The number of thioether (sulfide) groups is 1. The molecular formula is C14H14N4O2S2. The van der Waals surface area contributed by atoms with Crippen LogP contribution in [0.2, 0.25) is 0 Å². The Kier molecular flexibility index (Phi) is 4.39. The molecule has 3 heterocycles. The first-order chi connectivity index (χ1) is 10.6. The van der Waals surface area contributed by atoms with Crippen LogP contribution in [0.4, 0.5) is 0 Å². The Hall–Kier alpha value is -1.93. The number of aromatic nitrogens is 4. The summed E-state index contributed by atoms with van der Waals surface area (Å²) in [4.78, 5) is 19.7. The average molecular weight is 334 g/mol. The molecule has 0 spiro atoms. The third-order valence-corrected chi connectivity index (χ3v) is 4.72. The van der Waals surface area contributed by atoms with Gasteiger partial charge < -0.3 is 9.40 Å². The van der Waals surface area contributed by atoms with Gasteiger partial charge in [0.2, 0.25) is 5.89 Å². The molecule has 3 aromatic heterocycles. The van der Waals surface area contributed by atoms with Crippen molar-refractivity contribution in [3.8, 4) is 0 Å². The van der Waals surface area contributed by atoms with Gasteiger partial charge in [-0.25, -0.2) is 4.98 Å². The molecule has 0 aromatic carbocycles. The maximum atomic E-state index is 11.5. The van der Waals surface area contributed by atoms with Gasteiger partial charge in [-0.3, -0.25) is 4.79 Å². The molecule has 6 nitrogen and oxygen atoms in total. The topological polar surface area (TPSA) is 84.7 Å². The normalized spacial score (nSPS) is 12.5. The highest BCUT2D eigenvalue weighted by Gasteiger charge is 2.16. The van der Waals surface area contributed by atoms with Crippen LogP contribution >= 0.6 is 23.1 Å². The van der Waals surface area contributed by atoms with Crippen molar-refractivity contribution in [2.45, 2.75) is 30.7 Å². The van der Waals surface area contributed by atoms with Gasteiger partial charge in [-0.2, -0.15) is 0 Å². The molecule has 3 rings (SSSR count). The summed E-state index contributed by atoms with van der Waals surface area (Å²) in [5.41, 5.74) is 0.536. The van der Waals surface area contributed by atoms with Crippen LogP contribution in [0.3, 0.4) is 0 Å². The molecule has 0 unspecified atom stereocenters. The number of H-pyrrole nitrogens is 1. The van der Waals surface area contributed by atoms with Crippen molar-refractivity contribution in [1.82, 2.24) is 20.2 Å². The van der Waals surface area contributed by atoms with Crippen LogP contribution in [-0.4, -0.2) is 20.2 Å². The van der Waals surface area contributed by atoms with Crippen molar-refractivity contribution in [1.29, 1.82) is 0 Å². The maximum Gasteiger partial charge on any atom is 0.277 e. The van der Waals surface area contributed by atoms with Crippen LogP contribution in [0, 0.1) is 6.92 Å². The average Bonchev–Trinajstić information content (AvgIpc) is 3.10. The molecule has 0 bridgehead atoms. The number of nitrogens with zero attached hydrogens (tertiary/aromatic N) is 3. The zero-order valence-corrected chi connectivity index (χ0v) is 13.7.